The van der Waals surface area contributed by atoms with Gasteiger partial charge in [0.25, 0.3) is 11.8 Å². The van der Waals surface area contributed by atoms with Gasteiger partial charge in [0.05, 0.1) is 7.11 Å². The summed E-state index contributed by atoms with van der Waals surface area (Å²) in [4.78, 5) is 27.6. The lowest BCUT2D eigenvalue weighted by atomic mass is 10.1. The first-order chi connectivity index (χ1) is 16.1. The Hall–Kier alpha value is -3.80. The van der Waals surface area contributed by atoms with Crippen molar-refractivity contribution in [1.29, 1.82) is 0 Å². The monoisotopic (exact) mass is 444 g/mol. The molecule has 3 aromatic rings. The van der Waals surface area contributed by atoms with E-state index in [4.69, 9.17) is 9.47 Å². The molecule has 1 unspecified atom stereocenters. The minimum Gasteiger partial charge on any atom is -0.496 e. The van der Waals surface area contributed by atoms with Crippen molar-refractivity contribution in [2.24, 2.45) is 0 Å². The van der Waals surface area contributed by atoms with Crippen molar-refractivity contribution >= 4 is 17.5 Å². The third kappa shape index (κ3) is 5.17. The zero-order chi connectivity index (χ0) is 23.2. The van der Waals surface area contributed by atoms with E-state index in [9.17, 15) is 9.59 Å². The second kappa shape index (κ2) is 10.2. The average molecular weight is 445 g/mol. The molecule has 33 heavy (non-hydrogen) atoms. The summed E-state index contributed by atoms with van der Waals surface area (Å²) < 4.78 is 11.5. The Morgan fingerprint density at radius 2 is 1.85 bits per heavy atom. The van der Waals surface area contributed by atoms with E-state index in [-0.39, 0.29) is 11.8 Å². The molecule has 1 atom stereocenters. The number of nitrogens with zero attached hydrogens (tertiary/aromatic N) is 1. The van der Waals surface area contributed by atoms with E-state index in [0.717, 1.165) is 16.9 Å². The van der Waals surface area contributed by atoms with Crippen LogP contribution in [0.25, 0.3) is 0 Å². The molecular formula is C27H28N2O4. The molecule has 1 N–H and O–H groups in total. The lowest BCUT2D eigenvalue weighted by Gasteiger charge is -2.23. The molecule has 6 nitrogen and oxygen atoms in total. The fourth-order valence-electron chi connectivity index (χ4n) is 3.99. The topological polar surface area (TPSA) is 67.9 Å². The first-order valence-electron chi connectivity index (χ1n) is 11.2. The molecule has 3 aromatic carbocycles. The number of nitrogens with one attached hydrogen (secondary N) is 1. The molecule has 1 aliphatic rings. The molecule has 0 spiro atoms. The highest BCUT2D eigenvalue weighted by Gasteiger charge is 2.30. The van der Waals surface area contributed by atoms with Gasteiger partial charge in [-0.25, -0.2) is 0 Å². The number of methoxy groups -OCH3 is 1. The number of carbonyl (C=O) groups is 2. The van der Waals surface area contributed by atoms with Crippen molar-refractivity contribution in [1.82, 2.24) is 4.90 Å². The maximum absolute atomic E-state index is 13.2. The van der Waals surface area contributed by atoms with Gasteiger partial charge in [-0.05, 0) is 54.8 Å². The Morgan fingerprint density at radius 3 is 2.61 bits per heavy atom. The molecule has 0 aromatic heterocycles. The van der Waals surface area contributed by atoms with Crippen molar-refractivity contribution in [3.8, 4) is 11.5 Å². The molecule has 6 heteroatoms. The molecule has 4 rings (SSSR count). The second-order valence-corrected chi connectivity index (χ2v) is 7.98. The van der Waals surface area contributed by atoms with Gasteiger partial charge in [-0.15, -0.1) is 0 Å². The van der Waals surface area contributed by atoms with E-state index >= 15 is 0 Å². The van der Waals surface area contributed by atoms with Gasteiger partial charge in [0, 0.05) is 29.9 Å². The minimum absolute atomic E-state index is 0.0292. The van der Waals surface area contributed by atoms with Crippen LogP contribution in [0.2, 0.25) is 0 Å². The molecule has 170 valence electrons. The fourth-order valence-corrected chi connectivity index (χ4v) is 3.99. The Morgan fingerprint density at radius 1 is 1.09 bits per heavy atom. The summed E-state index contributed by atoms with van der Waals surface area (Å²) in [7, 11) is 1.65. The third-order valence-corrected chi connectivity index (χ3v) is 5.79. The molecule has 0 saturated heterocycles. The molecule has 0 bridgehead atoms. The zero-order valence-electron chi connectivity index (χ0n) is 18.9. The molecule has 2 amide bonds. The Balaban J connectivity index is 1.54. The van der Waals surface area contributed by atoms with E-state index in [1.807, 2.05) is 66.4 Å². The first-order valence-corrected chi connectivity index (χ1v) is 11.2. The van der Waals surface area contributed by atoms with Crippen LogP contribution >= 0.6 is 0 Å². The summed E-state index contributed by atoms with van der Waals surface area (Å²) in [5.74, 6) is 1.28. The van der Waals surface area contributed by atoms with Crippen molar-refractivity contribution in [3.05, 3.63) is 89.5 Å². The number of anilines is 1. The molecule has 0 aliphatic carbocycles. The highest BCUT2D eigenvalue weighted by Crippen LogP contribution is 2.30. The van der Waals surface area contributed by atoms with Gasteiger partial charge in [-0.3, -0.25) is 9.59 Å². The standard InChI is InChI=1S/C27H28N2O4/c1-3-23-27(31)29(16-15-19-9-7-8-12-24(19)32-2)18-21-17-22(13-14-25(21)33-23)28-26(30)20-10-5-4-6-11-20/h4-14,17,23H,3,15-16,18H2,1-2H3,(H,28,30). The summed E-state index contributed by atoms with van der Waals surface area (Å²) in [5.41, 5.74) is 3.17. The van der Waals surface area contributed by atoms with E-state index in [1.165, 1.54) is 0 Å². The lowest BCUT2D eigenvalue weighted by molar-refractivity contribution is -0.138. The van der Waals surface area contributed by atoms with E-state index < -0.39 is 6.10 Å². The Labute approximate surface area is 194 Å². The summed E-state index contributed by atoms with van der Waals surface area (Å²) in [6.07, 6.45) is 0.718. The third-order valence-electron chi connectivity index (χ3n) is 5.79. The average Bonchev–Trinajstić information content (AvgIpc) is 2.99. The number of rotatable bonds is 7. The normalized spacial score (nSPS) is 15.3. The summed E-state index contributed by atoms with van der Waals surface area (Å²) >= 11 is 0. The minimum atomic E-state index is -0.534. The molecule has 0 saturated carbocycles. The van der Waals surface area contributed by atoms with Crippen LogP contribution in [0.5, 0.6) is 11.5 Å². The van der Waals surface area contributed by atoms with Crippen molar-refractivity contribution < 1.29 is 19.1 Å². The van der Waals surface area contributed by atoms with Crippen LogP contribution in [0.1, 0.15) is 34.8 Å². The maximum atomic E-state index is 13.2. The number of ether oxygens (including phenoxy) is 2. The van der Waals surface area contributed by atoms with Gasteiger partial charge >= 0.3 is 0 Å². The van der Waals surface area contributed by atoms with Gasteiger partial charge in [0.1, 0.15) is 11.5 Å². The lowest BCUT2D eigenvalue weighted by Crippen LogP contribution is -2.40. The SMILES string of the molecule is CCC1Oc2ccc(NC(=O)c3ccccc3)cc2CN(CCc2ccccc2OC)C1=O. The highest BCUT2D eigenvalue weighted by molar-refractivity contribution is 6.04. The summed E-state index contributed by atoms with van der Waals surface area (Å²) in [6, 6.07) is 22.4. The largest absolute Gasteiger partial charge is 0.496 e. The highest BCUT2D eigenvalue weighted by atomic mass is 16.5. The van der Waals surface area contributed by atoms with Gasteiger partial charge in [0.2, 0.25) is 0 Å². The number of benzene rings is 3. The van der Waals surface area contributed by atoms with Gasteiger partial charge < -0.3 is 19.7 Å². The smallest absolute Gasteiger partial charge is 0.263 e. The number of para-hydroxylation sites is 1. The predicted octanol–water partition coefficient (Wildman–Crippen LogP) is 4.69. The summed E-state index contributed by atoms with van der Waals surface area (Å²) in [6.45, 7) is 2.90. The van der Waals surface area contributed by atoms with Crippen molar-refractivity contribution in [3.63, 3.8) is 0 Å². The van der Waals surface area contributed by atoms with Gasteiger partial charge in [0.15, 0.2) is 6.10 Å². The second-order valence-electron chi connectivity index (χ2n) is 7.98. The number of hydrogen-bond acceptors (Lipinski definition) is 4. The van der Waals surface area contributed by atoms with Crippen LogP contribution in [-0.4, -0.2) is 36.5 Å². The van der Waals surface area contributed by atoms with Crippen LogP contribution in [-0.2, 0) is 17.8 Å². The van der Waals surface area contributed by atoms with E-state index in [1.54, 1.807) is 25.3 Å². The molecule has 0 fully saturated rings. The predicted molar refractivity (Wildman–Crippen MR) is 128 cm³/mol. The van der Waals surface area contributed by atoms with Crippen LogP contribution in [0, 0.1) is 0 Å². The first kappa shape index (κ1) is 22.4. The van der Waals surface area contributed by atoms with Gasteiger partial charge in [-0.2, -0.15) is 0 Å². The Bertz CT molecular complexity index is 1130. The quantitative estimate of drug-likeness (QED) is 0.574. The van der Waals surface area contributed by atoms with Crippen LogP contribution in [0.15, 0.2) is 72.8 Å². The van der Waals surface area contributed by atoms with Crippen molar-refractivity contribution in [2.45, 2.75) is 32.4 Å². The molecule has 1 heterocycles. The summed E-state index contributed by atoms with van der Waals surface area (Å²) in [5, 5.41) is 2.94. The number of amides is 2. The van der Waals surface area contributed by atoms with E-state index in [2.05, 4.69) is 5.32 Å². The zero-order valence-corrected chi connectivity index (χ0v) is 18.9. The fraction of sp³-hybridized carbons (Fsp3) is 0.259. The van der Waals surface area contributed by atoms with Crippen LogP contribution < -0.4 is 14.8 Å². The number of carbonyl (C=O) groups excluding carboxylic acids is 2. The van der Waals surface area contributed by atoms with Gasteiger partial charge in [-0.1, -0.05) is 43.3 Å². The van der Waals surface area contributed by atoms with Crippen molar-refractivity contribution in [2.75, 3.05) is 19.0 Å². The molecular weight excluding hydrogens is 416 g/mol. The Kier molecular flexibility index (Phi) is 6.93. The van der Waals surface area contributed by atoms with E-state index in [0.29, 0.717) is 42.9 Å². The molecule has 1 aliphatic heterocycles. The van der Waals surface area contributed by atoms with Crippen LogP contribution in [0.3, 0.4) is 0 Å². The number of fused-ring (bicyclic) bond motifs is 1. The maximum Gasteiger partial charge on any atom is 0.263 e. The van der Waals surface area contributed by atoms with Crippen LogP contribution in [0.4, 0.5) is 5.69 Å². The number of hydrogen-bond donors (Lipinski definition) is 1. The molecule has 0 radical (unpaired) electrons.